The van der Waals surface area contributed by atoms with Gasteiger partial charge in [-0.2, -0.15) is 20.4 Å². The number of carbonyl (C=O) groups excluding carboxylic acids is 1. The quantitative estimate of drug-likeness (QED) is 0.306. The van der Waals surface area contributed by atoms with Gasteiger partial charge in [-0.25, -0.2) is 9.94 Å². The lowest BCUT2D eigenvalue weighted by Gasteiger charge is -2.31. The van der Waals surface area contributed by atoms with Crippen LogP contribution in [0.2, 0.25) is 0 Å². The lowest BCUT2D eigenvalue weighted by Crippen LogP contribution is -2.35. The summed E-state index contributed by atoms with van der Waals surface area (Å²) < 4.78 is 9.53. The molecule has 220 valence electrons. The van der Waals surface area contributed by atoms with Gasteiger partial charge in [-0.1, -0.05) is 55.8 Å². The topological polar surface area (TPSA) is 127 Å². The summed E-state index contributed by atoms with van der Waals surface area (Å²) >= 11 is 0. The molecule has 10 heteroatoms. The number of rotatable bonds is 9. The Labute approximate surface area is 250 Å². The smallest absolute Gasteiger partial charge is 0.259 e. The third-order valence-electron chi connectivity index (χ3n) is 8.40. The Morgan fingerprint density at radius 1 is 1.09 bits per heavy atom. The summed E-state index contributed by atoms with van der Waals surface area (Å²) in [7, 11) is 0. The van der Waals surface area contributed by atoms with Gasteiger partial charge in [0.15, 0.2) is 0 Å². The average molecular weight is 578 g/mol. The van der Waals surface area contributed by atoms with Gasteiger partial charge >= 0.3 is 0 Å². The van der Waals surface area contributed by atoms with E-state index in [4.69, 9.17) is 10.00 Å². The largest absolute Gasteiger partial charge is 0.360 e. The molecule has 1 amide bonds. The molecule has 4 aromatic rings. The second-order valence-electron chi connectivity index (χ2n) is 11.4. The molecule has 2 aliphatic rings. The van der Waals surface area contributed by atoms with Crippen molar-refractivity contribution in [2.24, 2.45) is 5.10 Å². The first-order chi connectivity index (χ1) is 21.0. The summed E-state index contributed by atoms with van der Waals surface area (Å²) in [6, 6.07) is 18.3. The van der Waals surface area contributed by atoms with Gasteiger partial charge in [0, 0.05) is 23.6 Å². The molecule has 1 fully saturated rings. The van der Waals surface area contributed by atoms with E-state index in [1.807, 2.05) is 39.4 Å². The maximum Gasteiger partial charge on any atom is 0.259 e. The summed E-state index contributed by atoms with van der Waals surface area (Å²) in [4.78, 5) is 31.0. The van der Waals surface area contributed by atoms with Gasteiger partial charge in [0.2, 0.25) is 11.7 Å². The van der Waals surface area contributed by atoms with Crippen LogP contribution < -0.4 is 11.0 Å². The molecule has 0 bridgehead atoms. The zero-order chi connectivity index (χ0) is 29.9. The van der Waals surface area contributed by atoms with E-state index in [2.05, 4.69) is 51.8 Å². The van der Waals surface area contributed by atoms with Crippen LogP contribution in [0.3, 0.4) is 0 Å². The molecule has 6 rings (SSSR count). The predicted molar refractivity (Wildman–Crippen MR) is 163 cm³/mol. The molecule has 1 saturated carbocycles. The maximum absolute atomic E-state index is 14.4. The molecule has 1 unspecified atom stereocenters. The van der Waals surface area contributed by atoms with E-state index in [1.54, 1.807) is 6.92 Å². The third-order valence-corrected chi connectivity index (χ3v) is 8.40. The van der Waals surface area contributed by atoms with E-state index in [0.717, 1.165) is 60.1 Å². The highest BCUT2D eigenvalue weighted by Crippen LogP contribution is 2.32. The standard InChI is InChI=1S/C33H35N7O3/c1-3-7-30-28(17-22-10-15-26(23-8-5-4-6-9-23)27(16-22)29-18-31(41)38-37-29)32(42)39(33-35-20-36-40(30)33)24-11-13-25(14-12-24)43-21(2)19-34/h4-6,8-10,15-16,20-21,24-25H,3,7,11-14,17-18H2,1-2H3,(H,38,41). The maximum atomic E-state index is 14.4. The van der Waals surface area contributed by atoms with Crippen LogP contribution in [-0.4, -0.2) is 43.0 Å². The summed E-state index contributed by atoms with van der Waals surface area (Å²) in [6.45, 7) is 3.86. The van der Waals surface area contributed by atoms with Gasteiger partial charge in [0.05, 0.1) is 30.0 Å². The molecular formula is C33H35N7O3. The van der Waals surface area contributed by atoms with Crippen LogP contribution in [0.1, 0.15) is 80.8 Å². The number of ether oxygens (including phenoxy) is 1. The lowest BCUT2D eigenvalue weighted by atomic mass is 9.91. The van der Waals surface area contributed by atoms with Crippen molar-refractivity contribution in [1.29, 1.82) is 5.26 Å². The van der Waals surface area contributed by atoms with Crippen LogP contribution >= 0.6 is 0 Å². The number of aromatic nitrogens is 4. The fourth-order valence-electron chi connectivity index (χ4n) is 6.37. The molecule has 3 heterocycles. The molecule has 0 spiro atoms. The van der Waals surface area contributed by atoms with Crippen molar-refractivity contribution in [1.82, 2.24) is 24.6 Å². The first-order valence-electron chi connectivity index (χ1n) is 15.0. The minimum absolute atomic E-state index is 0.00995. The van der Waals surface area contributed by atoms with Gasteiger partial charge in [0.25, 0.3) is 5.56 Å². The molecule has 0 saturated heterocycles. The first-order valence-corrected chi connectivity index (χ1v) is 15.0. The number of nitriles is 1. The second kappa shape index (κ2) is 12.3. The van der Waals surface area contributed by atoms with Gasteiger partial charge in [0.1, 0.15) is 12.4 Å². The predicted octanol–water partition coefficient (Wildman–Crippen LogP) is 4.74. The number of benzene rings is 2. The lowest BCUT2D eigenvalue weighted by molar-refractivity contribution is -0.119. The first kappa shape index (κ1) is 28.5. The van der Waals surface area contributed by atoms with Crippen LogP contribution in [0.5, 0.6) is 0 Å². The minimum Gasteiger partial charge on any atom is -0.360 e. The zero-order valence-corrected chi connectivity index (χ0v) is 24.5. The Morgan fingerprint density at radius 2 is 1.88 bits per heavy atom. The number of nitrogens with zero attached hydrogens (tertiary/aromatic N) is 6. The van der Waals surface area contributed by atoms with Crippen LogP contribution in [0, 0.1) is 11.3 Å². The number of hydrogen-bond donors (Lipinski definition) is 1. The number of hydrazone groups is 1. The Bertz CT molecular complexity index is 1780. The fourth-order valence-corrected chi connectivity index (χ4v) is 6.37. The van der Waals surface area contributed by atoms with Gasteiger partial charge in [-0.05, 0) is 61.8 Å². The number of aryl methyl sites for hydroxylation is 1. The summed E-state index contributed by atoms with van der Waals surface area (Å²) in [5.74, 6) is 0.434. The molecule has 2 aromatic heterocycles. The zero-order valence-electron chi connectivity index (χ0n) is 24.5. The second-order valence-corrected chi connectivity index (χ2v) is 11.4. The van der Waals surface area contributed by atoms with E-state index < -0.39 is 6.10 Å². The summed E-state index contributed by atoms with van der Waals surface area (Å²) in [6.07, 6.45) is 6.32. The van der Waals surface area contributed by atoms with Crippen LogP contribution in [0.15, 0.2) is 64.8 Å². The Kier molecular flexibility index (Phi) is 8.16. The van der Waals surface area contributed by atoms with Crippen LogP contribution in [-0.2, 0) is 22.4 Å². The van der Waals surface area contributed by atoms with Gasteiger partial charge in [-0.15, -0.1) is 0 Å². The Hall–Kier alpha value is -4.62. The van der Waals surface area contributed by atoms with E-state index >= 15 is 0 Å². The summed E-state index contributed by atoms with van der Waals surface area (Å²) in [5, 5.41) is 18.0. The molecule has 10 nitrogen and oxygen atoms in total. The Balaban J connectivity index is 1.40. The molecule has 1 aliphatic carbocycles. The SMILES string of the molecule is CCCc1c(Cc2ccc(-c3ccccc3)c(C3=NNC(=O)C3)c2)c(=O)n(C2CCC(OC(C)C#N)CC2)c2ncnn12. The molecular weight excluding hydrogens is 542 g/mol. The minimum atomic E-state index is -0.449. The average Bonchev–Trinajstić information content (AvgIpc) is 3.69. The normalized spacial score (nSPS) is 19.2. The summed E-state index contributed by atoms with van der Waals surface area (Å²) in [5.41, 5.74) is 8.67. The van der Waals surface area contributed by atoms with E-state index in [0.29, 0.717) is 29.9 Å². The number of fused-ring (bicyclic) bond motifs is 1. The van der Waals surface area contributed by atoms with Crippen molar-refractivity contribution in [2.45, 2.75) is 83.5 Å². The van der Waals surface area contributed by atoms with Crippen LogP contribution in [0.4, 0.5) is 0 Å². The monoisotopic (exact) mass is 577 g/mol. The van der Waals surface area contributed by atoms with E-state index in [-0.39, 0.29) is 30.0 Å². The number of hydrogen-bond acceptors (Lipinski definition) is 7. The van der Waals surface area contributed by atoms with Crippen molar-refractivity contribution in [2.75, 3.05) is 0 Å². The van der Waals surface area contributed by atoms with Crippen molar-refractivity contribution in [3.8, 4) is 17.2 Å². The number of carbonyl (C=O) groups is 1. The molecule has 1 aliphatic heterocycles. The van der Waals surface area contributed by atoms with Crippen molar-refractivity contribution in [3.05, 3.63) is 87.6 Å². The van der Waals surface area contributed by atoms with Gasteiger partial charge in [-0.3, -0.25) is 14.2 Å². The van der Waals surface area contributed by atoms with Crippen molar-refractivity contribution >= 4 is 17.4 Å². The highest BCUT2D eigenvalue weighted by molar-refractivity contribution is 6.16. The van der Waals surface area contributed by atoms with Crippen molar-refractivity contribution < 1.29 is 9.53 Å². The molecule has 1 N–H and O–H groups in total. The van der Waals surface area contributed by atoms with E-state index in [1.165, 1.54) is 6.33 Å². The third kappa shape index (κ3) is 5.73. The number of amides is 1. The molecule has 0 radical (unpaired) electrons. The highest BCUT2D eigenvalue weighted by atomic mass is 16.5. The van der Waals surface area contributed by atoms with Crippen molar-refractivity contribution in [3.63, 3.8) is 0 Å². The molecule has 43 heavy (non-hydrogen) atoms. The molecule has 1 atom stereocenters. The van der Waals surface area contributed by atoms with Gasteiger partial charge < -0.3 is 4.74 Å². The fraction of sp³-hybridized carbons (Fsp3) is 0.394. The highest BCUT2D eigenvalue weighted by Gasteiger charge is 2.29. The molecule has 2 aromatic carbocycles. The van der Waals surface area contributed by atoms with E-state index in [9.17, 15) is 9.59 Å². The Morgan fingerprint density at radius 3 is 2.58 bits per heavy atom. The van der Waals surface area contributed by atoms with Crippen LogP contribution in [0.25, 0.3) is 16.9 Å². The number of nitrogens with one attached hydrogen (secondary N) is 1.